The second kappa shape index (κ2) is 53.3. The second-order valence-corrected chi connectivity index (χ2v) is 35.3. The van der Waals surface area contributed by atoms with Crippen LogP contribution in [0.5, 0.6) is 11.5 Å². The van der Waals surface area contributed by atoms with Crippen LogP contribution in [0.15, 0.2) is 156 Å². The van der Waals surface area contributed by atoms with Gasteiger partial charge in [-0.15, -0.1) is 0 Å². The molecule has 0 radical (unpaired) electrons. The Balaban J connectivity index is 0.00000120. The number of fused-ring (bicyclic) bond motifs is 2. The van der Waals surface area contributed by atoms with Gasteiger partial charge in [-0.25, -0.2) is 16.8 Å². The van der Waals surface area contributed by atoms with Crippen LogP contribution in [0.25, 0.3) is 21.8 Å². The number of sulfone groups is 2. The molecule has 5 aromatic carbocycles. The van der Waals surface area contributed by atoms with Crippen molar-refractivity contribution in [3.63, 3.8) is 0 Å². The molecule has 0 aliphatic rings. The van der Waals surface area contributed by atoms with E-state index >= 15 is 0 Å². The number of carbonyl (C=O) groups excluding carboxylic acids is 5. The first-order chi connectivity index (χ1) is 49.7. The van der Waals surface area contributed by atoms with Gasteiger partial charge in [0.05, 0.1) is 29.6 Å². The fraction of sp³-hybridized carbons (Fsp3) is 0.527. The van der Waals surface area contributed by atoms with E-state index in [-0.39, 0.29) is 63.2 Å². The minimum absolute atomic E-state index is 0.0304. The largest absolute Gasteiger partial charge is 0.496 e. The molecule has 0 bridgehead atoms. The quantitative estimate of drug-likeness (QED) is 0.0181. The summed E-state index contributed by atoms with van der Waals surface area (Å²) in [7, 11) is -2.65. The monoisotopic (exact) mass is 1500 g/mol. The number of nitrogens with one attached hydrogen (secondary N) is 2. The van der Waals surface area contributed by atoms with Crippen LogP contribution in [-0.2, 0) is 46.9 Å². The SMILES string of the molecule is CC(C)=CCC/C(C)=C/C(=O)C(C)C.CC(C)C(=O)CCc1c[nH]c2ccccc12.CC(C)C(=O)c1c[nH]c2ccccc12.CC(C)Cc1ccccc1.CCCCCCCCCCC(=O)C(C)C.CCS(=O)(=O)C(C)C.COc1cc(C(=O)C(C)C)cc(OC)c1C.Cc1ccc(S(=O)(=O)C(C)C)cc1. The van der Waals surface area contributed by atoms with Gasteiger partial charge in [0.1, 0.15) is 23.1 Å². The Hall–Kier alpha value is -7.49. The van der Waals surface area contributed by atoms with Gasteiger partial charge in [-0.05, 0) is 154 Å². The van der Waals surface area contributed by atoms with E-state index in [0.717, 1.165) is 71.1 Å². The molecule has 0 unspecified atom stereocenters. The Kier molecular flexibility index (Phi) is 49.6. The number of aryl methyl sites for hydroxylation is 2. The van der Waals surface area contributed by atoms with E-state index in [4.69, 9.17) is 9.47 Å². The maximum atomic E-state index is 11.9. The maximum absolute atomic E-state index is 11.9. The van der Waals surface area contributed by atoms with Gasteiger partial charge in [-0.3, -0.25) is 24.0 Å². The zero-order valence-electron chi connectivity index (χ0n) is 69.8. The Morgan fingerprint density at radius 1 is 0.500 bits per heavy atom. The van der Waals surface area contributed by atoms with Crippen LogP contribution in [0.3, 0.4) is 0 Å². The minimum atomic E-state index is -3.09. The zero-order valence-corrected chi connectivity index (χ0v) is 71.4. The zero-order chi connectivity index (χ0) is 80.9. The number of carbonyl (C=O) groups is 5. The average Bonchev–Trinajstić information content (AvgIpc) is 1.34. The van der Waals surface area contributed by atoms with Crippen LogP contribution in [0, 0.1) is 49.4 Å². The lowest BCUT2D eigenvalue weighted by atomic mass is 9.99. The average molecular weight is 1500 g/mol. The summed E-state index contributed by atoms with van der Waals surface area (Å²) >= 11 is 0. The van der Waals surface area contributed by atoms with Crippen molar-refractivity contribution in [2.45, 2.75) is 265 Å². The number of hydrogen-bond donors (Lipinski definition) is 2. The highest BCUT2D eigenvalue weighted by atomic mass is 32.2. The van der Waals surface area contributed by atoms with Crippen molar-refractivity contribution in [1.82, 2.24) is 9.97 Å². The molecule has 13 nitrogen and oxygen atoms in total. The number of unbranched alkanes of at least 4 members (excludes halogenated alkanes) is 7. The normalized spacial score (nSPS) is 11.2. The van der Waals surface area contributed by atoms with Gasteiger partial charge in [0.2, 0.25) is 0 Å². The fourth-order valence-electron chi connectivity index (χ4n) is 10.2. The molecule has 0 aliphatic carbocycles. The number of H-pyrrole nitrogens is 2. The molecular weight excluding hydrogens is 1360 g/mol. The van der Waals surface area contributed by atoms with Crippen LogP contribution in [0.4, 0.5) is 0 Å². The van der Waals surface area contributed by atoms with Crippen LogP contribution in [-0.4, -0.2) is 86.2 Å². The van der Waals surface area contributed by atoms with Gasteiger partial charge >= 0.3 is 0 Å². The lowest BCUT2D eigenvalue weighted by Crippen LogP contribution is -2.15. The molecule has 0 fully saturated rings. The highest BCUT2D eigenvalue weighted by Gasteiger charge is 2.20. The van der Waals surface area contributed by atoms with Crippen LogP contribution in [0.2, 0.25) is 0 Å². The van der Waals surface area contributed by atoms with Crippen molar-refractivity contribution < 1.29 is 50.3 Å². The topological polar surface area (TPSA) is 204 Å². The highest BCUT2D eigenvalue weighted by molar-refractivity contribution is 7.92. The van der Waals surface area contributed by atoms with E-state index in [1.807, 2.05) is 145 Å². The predicted molar refractivity (Wildman–Crippen MR) is 450 cm³/mol. The highest BCUT2D eigenvalue weighted by Crippen LogP contribution is 2.31. The number of methoxy groups -OCH3 is 2. The molecule has 7 aromatic rings. The molecule has 2 aromatic heterocycles. The molecular formula is C91H138N2O11S2. The van der Waals surface area contributed by atoms with Gasteiger partial charge in [0, 0.05) is 99.1 Å². The third-order valence-electron chi connectivity index (χ3n) is 17.4. The summed E-state index contributed by atoms with van der Waals surface area (Å²) in [5.41, 5.74) is 10.8. The number of ether oxygens (including phenoxy) is 2. The number of benzene rings is 5. The summed E-state index contributed by atoms with van der Waals surface area (Å²) in [5.74, 6) is 4.20. The van der Waals surface area contributed by atoms with Gasteiger partial charge in [-0.2, -0.15) is 0 Å². The minimum Gasteiger partial charge on any atom is -0.496 e. The molecule has 7 rings (SSSR count). The molecule has 590 valence electrons. The Bertz CT molecular complexity index is 3930. The number of ketones is 5. The number of para-hydroxylation sites is 2. The number of Topliss-reactive ketones (excluding diaryl/α,β-unsaturated/α-hetero) is 4. The number of hydrogen-bond acceptors (Lipinski definition) is 11. The summed E-state index contributed by atoms with van der Waals surface area (Å²) in [6, 6.07) is 37.2. The van der Waals surface area contributed by atoms with Gasteiger partial charge < -0.3 is 19.4 Å². The molecule has 0 aliphatic heterocycles. The third kappa shape index (κ3) is 39.9. The van der Waals surface area contributed by atoms with Crippen molar-refractivity contribution in [2.75, 3.05) is 20.0 Å². The summed E-state index contributed by atoms with van der Waals surface area (Å²) in [6.45, 7) is 44.6. The van der Waals surface area contributed by atoms with Crippen LogP contribution >= 0.6 is 0 Å². The van der Waals surface area contributed by atoms with E-state index in [9.17, 15) is 40.8 Å². The Morgan fingerprint density at radius 2 is 0.972 bits per heavy atom. The van der Waals surface area contributed by atoms with Crippen LogP contribution < -0.4 is 9.47 Å². The summed E-state index contributed by atoms with van der Waals surface area (Å²) < 4.78 is 55.1. The number of rotatable bonds is 31. The molecule has 2 heterocycles. The van der Waals surface area contributed by atoms with Crippen molar-refractivity contribution in [3.8, 4) is 11.5 Å². The lowest BCUT2D eigenvalue weighted by molar-refractivity contribution is -0.122. The first kappa shape index (κ1) is 98.5. The summed E-state index contributed by atoms with van der Waals surface area (Å²) in [4.78, 5) is 64.7. The van der Waals surface area contributed by atoms with Gasteiger partial charge in [0.25, 0.3) is 0 Å². The van der Waals surface area contributed by atoms with Crippen molar-refractivity contribution in [2.24, 2.45) is 35.5 Å². The smallest absolute Gasteiger partial charge is 0.180 e. The number of aromatic amines is 2. The van der Waals surface area contributed by atoms with Crippen molar-refractivity contribution in [1.29, 1.82) is 0 Å². The fourth-order valence-corrected chi connectivity index (χ4v) is 12.0. The number of aromatic nitrogens is 2. The molecule has 0 amide bonds. The molecule has 0 saturated carbocycles. The van der Waals surface area contributed by atoms with Gasteiger partial charge in [0.15, 0.2) is 37.0 Å². The predicted octanol–water partition coefficient (Wildman–Crippen LogP) is 23.7. The standard InChI is InChI=1S/C14H17NO.C14H28O.C13H18O3.C13H22O.C12H13NO.C10H14O2S.C10H14.C5H12O2S/c1-10(2)14(16)8-7-11-9-15-13-6-4-3-5-12(11)13;1-4-5-6-7-8-9-10-11-12-14(15)13(2)3;1-8(2)13(14)10-6-11(15-4)9(3)12(7-10)16-5;1-10(2)7-6-8-12(5)9-13(14)11(3)4;1-8(2)12(14)10-7-13-11-6-4-3-5-9(10)11;1-8(2)13(11,12)10-6-4-9(3)5-7-10;1-9(2)8-10-6-4-3-5-7-10;1-4-8(6,7)5(2)3/h3-6,9-10,15H,7-8H2,1-2H3;13H,4-12H2,1-3H3;6-8H,1-5H3;7,9,11H,6,8H2,1-5H3;3-8,13H,1-2H3;4-8H,1-3H3;3-7,9H,8H2,1-2H3;5H,4H2,1-3H3/b;;;12-9+;;;;. The Morgan fingerprint density at radius 3 is 1.42 bits per heavy atom. The molecule has 15 heteroatoms. The van der Waals surface area contributed by atoms with E-state index in [2.05, 4.69) is 93.1 Å². The maximum Gasteiger partial charge on any atom is 0.180 e. The molecule has 2 N–H and O–H groups in total. The molecule has 0 atom stereocenters. The summed E-state index contributed by atoms with van der Waals surface area (Å²) in [6.07, 6.45) is 23.8. The summed E-state index contributed by atoms with van der Waals surface area (Å²) in [5, 5.41) is 1.69. The van der Waals surface area contributed by atoms with E-state index in [1.54, 1.807) is 85.4 Å². The van der Waals surface area contributed by atoms with Crippen molar-refractivity contribution >= 4 is 70.4 Å². The third-order valence-corrected chi connectivity index (χ3v) is 21.9. The first-order valence-electron chi connectivity index (χ1n) is 38.6. The Labute approximate surface area is 642 Å². The van der Waals surface area contributed by atoms with E-state index < -0.39 is 19.7 Å². The van der Waals surface area contributed by atoms with E-state index in [1.165, 1.54) is 79.0 Å². The van der Waals surface area contributed by atoms with E-state index in [0.29, 0.717) is 39.9 Å². The molecule has 0 saturated heterocycles. The molecule has 0 spiro atoms. The first-order valence-corrected chi connectivity index (χ1v) is 41.9. The molecule has 106 heavy (non-hydrogen) atoms. The second-order valence-electron chi connectivity index (χ2n) is 30.0. The van der Waals surface area contributed by atoms with Crippen molar-refractivity contribution in [3.05, 3.63) is 184 Å². The lowest BCUT2D eigenvalue weighted by Gasteiger charge is -2.13. The van der Waals surface area contributed by atoms with Gasteiger partial charge in [-0.1, -0.05) is 244 Å². The number of allylic oxidation sites excluding steroid dienone is 4. The van der Waals surface area contributed by atoms with Crippen LogP contribution in [0.1, 0.15) is 265 Å².